The maximum Gasteiger partial charge on any atom is 0.319 e. The molecule has 0 radical (unpaired) electrons. The minimum atomic E-state index is -0.403. The number of piperidine rings is 1. The number of likely N-dealkylation sites (N-methyl/N-ethyl adjacent to an activating group) is 1. The van der Waals surface area contributed by atoms with Crippen LogP contribution in [0.2, 0.25) is 5.02 Å². The second kappa shape index (κ2) is 10.9. The molecule has 2 aromatic rings. The second-order valence-corrected chi connectivity index (χ2v) is 9.21. The molecule has 2 aliphatic rings. The molecule has 176 valence electrons. The Balaban J connectivity index is 1.28. The average Bonchev–Trinajstić information content (AvgIpc) is 2.84. The van der Waals surface area contributed by atoms with E-state index in [-0.39, 0.29) is 12.5 Å². The Hall–Kier alpha value is -2.77. The van der Waals surface area contributed by atoms with Crippen LogP contribution in [0.15, 0.2) is 48.5 Å². The van der Waals surface area contributed by atoms with Gasteiger partial charge < -0.3 is 25.3 Å². The third kappa shape index (κ3) is 5.97. The van der Waals surface area contributed by atoms with E-state index in [1.165, 1.54) is 5.56 Å². The number of amides is 3. The lowest BCUT2D eigenvalue weighted by Crippen LogP contribution is -2.45. The van der Waals surface area contributed by atoms with Gasteiger partial charge in [-0.05, 0) is 43.5 Å². The van der Waals surface area contributed by atoms with Crippen molar-refractivity contribution in [3.8, 4) is 0 Å². The van der Waals surface area contributed by atoms with Crippen LogP contribution >= 0.6 is 11.6 Å². The Morgan fingerprint density at radius 1 is 0.939 bits per heavy atom. The summed E-state index contributed by atoms with van der Waals surface area (Å²) >= 11 is 6.48. The Morgan fingerprint density at radius 3 is 2.33 bits per heavy atom. The molecule has 2 aromatic carbocycles. The molecular formula is C25H32ClN5O2. The van der Waals surface area contributed by atoms with Gasteiger partial charge in [-0.1, -0.05) is 48.0 Å². The number of nitrogens with one attached hydrogen (secondary N) is 2. The van der Waals surface area contributed by atoms with Crippen LogP contribution in [0.3, 0.4) is 0 Å². The molecule has 0 atom stereocenters. The van der Waals surface area contributed by atoms with Gasteiger partial charge in [-0.3, -0.25) is 4.79 Å². The zero-order chi connectivity index (χ0) is 23.2. The summed E-state index contributed by atoms with van der Waals surface area (Å²) in [6, 6.07) is 15.5. The van der Waals surface area contributed by atoms with Gasteiger partial charge in [0.1, 0.15) is 0 Å². The molecule has 2 N–H and O–H groups in total. The third-order valence-corrected chi connectivity index (χ3v) is 6.88. The minimum Gasteiger partial charge on any atom is -0.366 e. The summed E-state index contributed by atoms with van der Waals surface area (Å²) in [4.78, 5) is 31.5. The molecule has 3 amide bonds. The number of carbonyl (C=O) groups is 2. The van der Waals surface area contributed by atoms with E-state index in [2.05, 4.69) is 51.7 Å². The van der Waals surface area contributed by atoms with Gasteiger partial charge in [-0.25, -0.2) is 4.79 Å². The van der Waals surface area contributed by atoms with E-state index in [0.29, 0.717) is 29.7 Å². The molecule has 2 saturated heterocycles. The van der Waals surface area contributed by atoms with E-state index >= 15 is 0 Å². The number of urea groups is 1. The molecule has 0 aromatic heterocycles. The zero-order valence-electron chi connectivity index (χ0n) is 19.1. The van der Waals surface area contributed by atoms with Crippen molar-refractivity contribution in [3.63, 3.8) is 0 Å². The minimum absolute atomic E-state index is 0.0216. The highest BCUT2D eigenvalue weighted by atomic mass is 35.5. The molecule has 0 saturated carbocycles. The van der Waals surface area contributed by atoms with Gasteiger partial charge in [0.05, 0.1) is 22.9 Å². The number of rotatable bonds is 5. The van der Waals surface area contributed by atoms with Gasteiger partial charge in [0, 0.05) is 39.3 Å². The summed E-state index contributed by atoms with van der Waals surface area (Å²) in [5, 5.41) is 6.21. The van der Waals surface area contributed by atoms with E-state index < -0.39 is 6.03 Å². The molecule has 0 aliphatic carbocycles. The van der Waals surface area contributed by atoms with Crippen molar-refractivity contribution in [2.45, 2.75) is 18.8 Å². The predicted octanol–water partition coefficient (Wildman–Crippen LogP) is 3.62. The van der Waals surface area contributed by atoms with Crippen LogP contribution in [-0.4, -0.2) is 74.6 Å². The summed E-state index contributed by atoms with van der Waals surface area (Å²) in [5.41, 5.74) is 2.82. The molecule has 0 bridgehead atoms. The number of carbonyl (C=O) groups excluding carboxylic acids is 2. The first-order valence-electron chi connectivity index (χ1n) is 11.6. The summed E-state index contributed by atoms with van der Waals surface area (Å²) in [6.45, 7) is 4.96. The van der Waals surface area contributed by atoms with Crippen molar-refractivity contribution in [2.24, 2.45) is 0 Å². The first kappa shape index (κ1) is 23.4. The Morgan fingerprint density at radius 2 is 1.64 bits per heavy atom. The van der Waals surface area contributed by atoms with Crippen molar-refractivity contribution >= 4 is 34.9 Å². The SMILES string of the molecule is CN1CCN(c2c(Cl)cccc2NC(=O)NCC(=O)N2CCC(c3ccccc3)CC2)CC1. The number of likely N-dealkylation sites (tertiary alicyclic amines) is 1. The summed E-state index contributed by atoms with van der Waals surface area (Å²) in [6.07, 6.45) is 1.89. The van der Waals surface area contributed by atoms with E-state index in [4.69, 9.17) is 11.6 Å². The van der Waals surface area contributed by atoms with Crippen LogP contribution < -0.4 is 15.5 Å². The molecule has 0 unspecified atom stereocenters. The van der Waals surface area contributed by atoms with E-state index in [1.54, 1.807) is 0 Å². The van der Waals surface area contributed by atoms with Gasteiger partial charge >= 0.3 is 6.03 Å². The summed E-state index contributed by atoms with van der Waals surface area (Å²) < 4.78 is 0. The molecule has 7 nitrogen and oxygen atoms in total. The van der Waals surface area contributed by atoms with E-state index in [0.717, 1.165) is 44.7 Å². The first-order chi connectivity index (χ1) is 16.0. The quantitative estimate of drug-likeness (QED) is 0.701. The fourth-order valence-electron chi connectivity index (χ4n) is 4.59. The molecule has 8 heteroatoms. The van der Waals surface area contributed by atoms with Crippen molar-refractivity contribution in [2.75, 3.05) is 63.1 Å². The molecule has 0 spiro atoms. The predicted molar refractivity (Wildman–Crippen MR) is 133 cm³/mol. The molecule has 2 heterocycles. The highest BCUT2D eigenvalue weighted by Crippen LogP contribution is 2.34. The smallest absolute Gasteiger partial charge is 0.319 e. The first-order valence-corrected chi connectivity index (χ1v) is 12.0. The number of hydrogen-bond acceptors (Lipinski definition) is 4. The second-order valence-electron chi connectivity index (χ2n) is 8.80. The fourth-order valence-corrected chi connectivity index (χ4v) is 4.88. The number of para-hydroxylation sites is 1. The lowest BCUT2D eigenvalue weighted by atomic mass is 9.89. The molecule has 2 fully saturated rings. The van der Waals surface area contributed by atoms with Gasteiger partial charge in [0.2, 0.25) is 5.91 Å². The number of halogens is 1. The summed E-state index contributed by atoms with van der Waals surface area (Å²) in [5.74, 6) is 0.435. The highest BCUT2D eigenvalue weighted by molar-refractivity contribution is 6.34. The number of hydrogen-bond donors (Lipinski definition) is 2. The highest BCUT2D eigenvalue weighted by Gasteiger charge is 2.24. The van der Waals surface area contributed by atoms with Crippen molar-refractivity contribution < 1.29 is 9.59 Å². The van der Waals surface area contributed by atoms with Crippen LogP contribution in [0.4, 0.5) is 16.2 Å². The third-order valence-electron chi connectivity index (χ3n) is 6.57. The van der Waals surface area contributed by atoms with Crippen LogP contribution in [-0.2, 0) is 4.79 Å². The summed E-state index contributed by atoms with van der Waals surface area (Å²) in [7, 11) is 2.09. The molecular weight excluding hydrogens is 438 g/mol. The molecule has 2 aliphatic heterocycles. The van der Waals surface area contributed by atoms with E-state index in [1.807, 2.05) is 29.2 Å². The van der Waals surface area contributed by atoms with Crippen LogP contribution in [0.5, 0.6) is 0 Å². The lowest BCUT2D eigenvalue weighted by Gasteiger charge is -2.35. The largest absolute Gasteiger partial charge is 0.366 e. The lowest BCUT2D eigenvalue weighted by molar-refractivity contribution is -0.131. The van der Waals surface area contributed by atoms with Gasteiger partial charge in [-0.15, -0.1) is 0 Å². The molecule has 33 heavy (non-hydrogen) atoms. The molecule has 4 rings (SSSR count). The zero-order valence-corrected chi connectivity index (χ0v) is 19.9. The van der Waals surface area contributed by atoms with Crippen molar-refractivity contribution in [3.05, 3.63) is 59.1 Å². The fraction of sp³-hybridized carbons (Fsp3) is 0.440. The van der Waals surface area contributed by atoms with Crippen molar-refractivity contribution in [1.29, 1.82) is 0 Å². The Kier molecular flexibility index (Phi) is 7.73. The number of nitrogens with zero attached hydrogens (tertiary/aromatic N) is 3. The Labute approximate surface area is 200 Å². The topological polar surface area (TPSA) is 67.9 Å². The maximum atomic E-state index is 12.6. The van der Waals surface area contributed by atoms with Gasteiger partial charge in [-0.2, -0.15) is 0 Å². The van der Waals surface area contributed by atoms with Crippen molar-refractivity contribution in [1.82, 2.24) is 15.1 Å². The van der Waals surface area contributed by atoms with E-state index in [9.17, 15) is 9.59 Å². The van der Waals surface area contributed by atoms with Crippen LogP contribution in [0.25, 0.3) is 0 Å². The van der Waals surface area contributed by atoms with Crippen LogP contribution in [0.1, 0.15) is 24.3 Å². The normalized spacial score (nSPS) is 17.6. The Bertz CT molecular complexity index is 955. The number of benzene rings is 2. The van der Waals surface area contributed by atoms with Gasteiger partial charge in [0.25, 0.3) is 0 Å². The monoisotopic (exact) mass is 469 g/mol. The number of anilines is 2. The average molecular weight is 470 g/mol. The van der Waals surface area contributed by atoms with Gasteiger partial charge in [0.15, 0.2) is 0 Å². The number of piperazine rings is 1. The standard InChI is InChI=1S/C25H32ClN5O2/c1-29-14-16-31(17-15-29)24-21(26)8-5-9-22(24)28-25(33)27-18-23(32)30-12-10-20(11-13-30)19-6-3-2-4-7-19/h2-9,20H,10-18H2,1H3,(H2,27,28,33). The maximum absolute atomic E-state index is 12.6. The van der Waals surface area contributed by atoms with Crippen LogP contribution in [0, 0.1) is 0 Å².